The van der Waals surface area contributed by atoms with Crippen LogP contribution in [-0.2, 0) is 11.2 Å². The molecule has 0 N–H and O–H groups in total. The predicted octanol–water partition coefficient (Wildman–Crippen LogP) is 7.15. The Balaban J connectivity index is 1.55. The Labute approximate surface area is 205 Å². The summed E-state index contributed by atoms with van der Waals surface area (Å²) in [5, 5.41) is 1.09. The van der Waals surface area contributed by atoms with Crippen molar-refractivity contribution < 1.29 is 18.3 Å². The Morgan fingerprint density at radius 1 is 0.971 bits per heavy atom. The standard InChI is InChI=1S/C26H21ClF2N2O2S/c1-26(2,17-4-10-22-23(11-17)33-15-32-22)24-13-30-25(31(24)20-8-6-18(28)7-9-20)34-14-16-3-5-19(29)12-21(16)27/h3-13H,14-15H2,1-2H3. The van der Waals surface area contributed by atoms with Crippen LogP contribution >= 0.6 is 23.4 Å². The highest BCUT2D eigenvalue weighted by Crippen LogP contribution is 2.41. The van der Waals surface area contributed by atoms with Crippen molar-refractivity contribution in [2.75, 3.05) is 6.79 Å². The maximum absolute atomic E-state index is 13.7. The third-order valence-electron chi connectivity index (χ3n) is 5.92. The molecule has 3 aromatic carbocycles. The van der Waals surface area contributed by atoms with E-state index < -0.39 is 5.41 Å². The summed E-state index contributed by atoms with van der Waals surface area (Å²) in [5.41, 5.74) is 3.08. The van der Waals surface area contributed by atoms with E-state index in [1.807, 2.05) is 29.0 Å². The average Bonchev–Trinajstić information content (AvgIpc) is 3.46. The van der Waals surface area contributed by atoms with Crippen molar-refractivity contribution in [2.24, 2.45) is 0 Å². The van der Waals surface area contributed by atoms with Crippen molar-refractivity contribution in [3.8, 4) is 17.2 Å². The summed E-state index contributed by atoms with van der Waals surface area (Å²) in [7, 11) is 0. The fraction of sp³-hybridized carbons (Fsp3) is 0.192. The first-order valence-electron chi connectivity index (χ1n) is 10.6. The second-order valence-corrected chi connectivity index (χ2v) is 9.80. The van der Waals surface area contributed by atoms with Gasteiger partial charge in [0.05, 0.1) is 11.9 Å². The van der Waals surface area contributed by atoms with Crippen LogP contribution in [0.1, 0.15) is 30.7 Å². The number of fused-ring (bicyclic) bond motifs is 1. The summed E-state index contributed by atoms with van der Waals surface area (Å²) in [4.78, 5) is 4.70. The normalized spacial score (nSPS) is 12.9. The van der Waals surface area contributed by atoms with E-state index in [2.05, 4.69) is 13.8 Å². The van der Waals surface area contributed by atoms with Crippen LogP contribution in [0.5, 0.6) is 11.5 Å². The molecule has 0 fully saturated rings. The zero-order valence-electron chi connectivity index (χ0n) is 18.5. The van der Waals surface area contributed by atoms with Gasteiger partial charge in [-0.15, -0.1) is 0 Å². The van der Waals surface area contributed by atoms with E-state index in [0.29, 0.717) is 16.5 Å². The van der Waals surface area contributed by atoms with Crippen LogP contribution in [0.4, 0.5) is 8.78 Å². The smallest absolute Gasteiger partial charge is 0.231 e. The lowest BCUT2D eigenvalue weighted by atomic mass is 9.81. The molecule has 4 aromatic rings. The van der Waals surface area contributed by atoms with E-state index >= 15 is 0 Å². The molecule has 1 aliphatic rings. The quantitative estimate of drug-likeness (QED) is 0.264. The zero-order valence-corrected chi connectivity index (χ0v) is 20.1. The average molecular weight is 499 g/mol. The maximum atomic E-state index is 13.7. The Bertz CT molecular complexity index is 1360. The SMILES string of the molecule is CC(C)(c1ccc2c(c1)OCO2)c1cnc(SCc2ccc(F)cc2Cl)n1-c1ccc(F)cc1. The lowest BCUT2D eigenvalue weighted by Crippen LogP contribution is -2.23. The molecule has 0 unspecified atom stereocenters. The molecule has 0 amide bonds. The van der Waals surface area contributed by atoms with Gasteiger partial charge in [-0.2, -0.15) is 0 Å². The first kappa shape index (κ1) is 22.7. The summed E-state index contributed by atoms with van der Waals surface area (Å²) in [5.74, 6) is 1.24. The van der Waals surface area contributed by atoms with Gasteiger partial charge in [0.15, 0.2) is 16.7 Å². The molecule has 4 nitrogen and oxygen atoms in total. The van der Waals surface area contributed by atoms with E-state index in [9.17, 15) is 8.78 Å². The molecule has 5 rings (SSSR count). The van der Waals surface area contributed by atoms with Crippen molar-refractivity contribution in [3.05, 3.63) is 100 Å². The molecule has 1 aliphatic heterocycles. The molecule has 0 saturated heterocycles. The zero-order chi connectivity index (χ0) is 23.9. The molecule has 1 aromatic heterocycles. The van der Waals surface area contributed by atoms with E-state index in [1.165, 1.54) is 36.0 Å². The molecule has 2 heterocycles. The predicted molar refractivity (Wildman–Crippen MR) is 129 cm³/mol. The minimum atomic E-state index is -0.464. The number of hydrogen-bond acceptors (Lipinski definition) is 4. The Kier molecular flexibility index (Phi) is 6.00. The molecule has 34 heavy (non-hydrogen) atoms. The summed E-state index contributed by atoms with van der Waals surface area (Å²) >= 11 is 7.71. The fourth-order valence-corrected chi connectivity index (χ4v) is 5.24. The van der Waals surface area contributed by atoms with Gasteiger partial charge in [0.2, 0.25) is 6.79 Å². The summed E-state index contributed by atoms with van der Waals surface area (Å²) in [6.07, 6.45) is 1.84. The highest BCUT2D eigenvalue weighted by Gasteiger charge is 2.31. The van der Waals surface area contributed by atoms with Crippen molar-refractivity contribution in [3.63, 3.8) is 0 Å². The number of ether oxygens (including phenoxy) is 2. The third-order valence-corrected chi connectivity index (χ3v) is 7.27. The molecule has 0 aliphatic carbocycles. The van der Waals surface area contributed by atoms with E-state index in [-0.39, 0.29) is 18.4 Å². The highest BCUT2D eigenvalue weighted by atomic mass is 35.5. The minimum Gasteiger partial charge on any atom is -0.454 e. The fourth-order valence-electron chi connectivity index (χ4n) is 3.93. The van der Waals surface area contributed by atoms with E-state index in [0.717, 1.165) is 33.4 Å². The summed E-state index contributed by atoms with van der Waals surface area (Å²) in [6, 6.07) is 16.6. The largest absolute Gasteiger partial charge is 0.454 e. The van der Waals surface area contributed by atoms with Gasteiger partial charge in [-0.1, -0.05) is 49.3 Å². The Morgan fingerprint density at radius 3 is 2.47 bits per heavy atom. The summed E-state index contributed by atoms with van der Waals surface area (Å²) in [6.45, 7) is 4.42. The van der Waals surface area contributed by atoms with Crippen molar-refractivity contribution in [1.29, 1.82) is 0 Å². The van der Waals surface area contributed by atoms with Gasteiger partial charge >= 0.3 is 0 Å². The molecule has 0 atom stereocenters. The van der Waals surface area contributed by atoms with Gasteiger partial charge in [-0.25, -0.2) is 13.8 Å². The molecule has 0 radical (unpaired) electrons. The van der Waals surface area contributed by atoms with Crippen molar-refractivity contribution in [1.82, 2.24) is 9.55 Å². The highest BCUT2D eigenvalue weighted by molar-refractivity contribution is 7.98. The number of nitrogens with zero attached hydrogens (tertiary/aromatic N) is 2. The minimum absolute atomic E-state index is 0.208. The van der Waals surface area contributed by atoms with Crippen LogP contribution in [0.25, 0.3) is 5.69 Å². The van der Waals surface area contributed by atoms with Crippen LogP contribution in [0.2, 0.25) is 5.02 Å². The molecule has 174 valence electrons. The van der Waals surface area contributed by atoms with Crippen LogP contribution < -0.4 is 9.47 Å². The number of benzene rings is 3. The van der Waals surface area contributed by atoms with Crippen LogP contribution in [0.15, 0.2) is 72.0 Å². The van der Waals surface area contributed by atoms with Gasteiger partial charge in [0.25, 0.3) is 0 Å². The van der Waals surface area contributed by atoms with Gasteiger partial charge in [0.1, 0.15) is 11.6 Å². The first-order chi connectivity index (χ1) is 16.3. The van der Waals surface area contributed by atoms with Gasteiger partial charge in [-0.05, 0) is 59.7 Å². The molecule has 0 saturated carbocycles. The molecule has 0 spiro atoms. The number of rotatable bonds is 6. The van der Waals surface area contributed by atoms with Crippen molar-refractivity contribution >= 4 is 23.4 Å². The van der Waals surface area contributed by atoms with Gasteiger partial charge in [-0.3, -0.25) is 4.57 Å². The van der Waals surface area contributed by atoms with Crippen molar-refractivity contribution in [2.45, 2.75) is 30.2 Å². The maximum Gasteiger partial charge on any atom is 0.231 e. The Morgan fingerprint density at radius 2 is 1.71 bits per heavy atom. The molecule has 0 bridgehead atoms. The van der Waals surface area contributed by atoms with Gasteiger partial charge < -0.3 is 9.47 Å². The van der Waals surface area contributed by atoms with Crippen LogP contribution in [0, 0.1) is 11.6 Å². The number of aromatic nitrogens is 2. The topological polar surface area (TPSA) is 36.3 Å². The number of halogens is 3. The van der Waals surface area contributed by atoms with E-state index in [1.54, 1.807) is 18.2 Å². The first-order valence-corrected chi connectivity index (χ1v) is 12.0. The second-order valence-electron chi connectivity index (χ2n) is 8.46. The number of thioether (sulfide) groups is 1. The number of hydrogen-bond donors (Lipinski definition) is 0. The van der Waals surface area contributed by atoms with Crippen LogP contribution in [0.3, 0.4) is 0 Å². The molecular formula is C26H21ClF2N2O2S. The Hall–Kier alpha value is -3.03. The van der Waals surface area contributed by atoms with Gasteiger partial charge in [0, 0.05) is 21.9 Å². The lowest BCUT2D eigenvalue weighted by molar-refractivity contribution is 0.174. The monoisotopic (exact) mass is 498 g/mol. The number of imidazole rings is 1. The lowest BCUT2D eigenvalue weighted by Gasteiger charge is -2.27. The molecule has 8 heteroatoms. The second kappa shape index (κ2) is 8.96. The molecular weight excluding hydrogens is 478 g/mol. The third kappa shape index (κ3) is 4.26. The van der Waals surface area contributed by atoms with E-state index in [4.69, 9.17) is 26.1 Å². The van der Waals surface area contributed by atoms with Crippen LogP contribution in [-0.4, -0.2) is 16.3 Å². The summed E-state index contributed by atoms with van der Waals surface area (Å²) < 4.78 is 40.2.